The fourth-order valence-corrected chi connectivity index (χ4v) is 1.97. The van der Waals surface area contributed by atoms with Gasteiger partial charge in [-0.05, 0) is 24.1 Å². The summed E-state index contributed by atoms with van der Waals surface area (Å²) in [5.74, 6) is 0.111. The van der Waals surface area contributed by atoms with Gasteiger partial charge in [-0.1, -0.05) is 37.3 Å². The molecule has 86 valence electrons. The predicted molar refractivity (Wildman–Crippen MR) is 68.0 cm³/mol. The molecule has 0 amide bonds. The van der Waals surface area contributed by atoms with Crippen LogP contribution in [0.4, 0.5) is 0 Å². The van der Waals surface area contributed by atoms with E-state index in [1.165, 1.54) is 0 Å². The van der Waals surface area contributed by atoms with E-state index in [9.17, 15) is 4.79 Å². The lowest BCUT2D eigenvalue weighted by atomic mass is 9.89. The monoisotopic (exact) mass is 225 g/mol. The van der Waals surface area contributed by atoms with E-state index in [-0.39, 0.29) is 11.7 Å². The second-order valence-electron chi connectivity index (χ2n) is 3.97. The van der Waals surface area contributed by atoms with Crippen LogP contribution < -0.4 is 0 Å². The van der Waals surface area contributed by atoms with Gasteiger partial charge >= 0.3 is 0 Å². The highest BCUT2D eigenvalue weighted by atomic mass is 16.1. The molecule has 1 unspecified atom stereocenters. The fourth-order valence-electron chi connectivity index (χ4n) is 1.97. The molecule has 2 rings (SSSR count). The lowest BCUT2D eigenvalue weighted by Crippen LogP contribution is -2.12. The molecule has 0 aliphatic rings. The SMILES string of the molecule is CCC(C(=O)c1ccccc1)c1ccncc1. The topological polar surface area (TPSA) is 30.0 Å². The van der Waals surface area contributed by atoms with E-state index in [1.54, 1.807) is 12.4 Å². The summed E-state index contributed by atoms with van der Waals surface area (Å²) in [5, 5.41) is 0. The molecule has 0 aliphatic carbocycles. The summed E-state index contributed by atoms with van der Waals surface area (Å²) in [5.41, 5.74) is 1.81. The molecule has 1 heterocycles. The molecule has 0 saturated carbocycles. The van der Waals surface area contributed by atoms with Gasteiger partial charge in [-0.2, -0.15) is 0 Å². The molecule has 2 heteroatoms. The van der Waals surface area contributed by atoms with Gasteiger partial charge in [-0.25, -0.2) is 0 Å². The number of pyridine rings is 1. The Hall–Kier alpha value is -1.96. The van der Waals surface area contributed by atoms with Crippen molar-refractivity contribution >= 4 is 5.78 Å². The van der Waals surface area contributed by atoms with Crippen LogP contribution in [0.25, 0.3) is 0 Å². The van der Waals surface area contributed by atoms with Crippen molar-refractivity contribution in [1.82, 2.24) is 4.98 Å². The normalized spacial score (nSPS) is 12.1. The van der Waals surface area contributed by atoms with Crippen LogP contribution >= 0.6 is 0 Å². The zero-order valence-corrected chi connectivity index (χ0v) is 9.84. The standard InChI is InChI=1S/C15H15NO/c1-2-14(12-8-10-16-11-9-12)15(17)13-6-4-3-5-7-13/h3-11,14H,2H2,1H3. The Morgan fingerprint density at radius 3 is 2.35 bits per heavy atom. The molecule has 0 fully saturated rings. The highest BCUT2D eigenvalue weighted by Crippen LogP contribution is 2.23. The van der Waals surface area contributed by atoms with Crippen LogP contribution in [0.5, 0.6) is 0 Å². The first-order valence-electron chi connectivity index (χ1n) is 5.82. The number of Topliss-reactive ketones (excluding diaryl/α,β-unsaturated/α-hetero) is 1. The number of aromatic nitrogens is 1. The number of hydrogen-bond acceptors (Lipinski definition) is 2. The van der Waals surface area contributed by atoms with Gasteiger partial charge in [0.05, 0.1) is 0 Å². The molecule has 2 aromatic rings. The number of carbonyl (C=O) groups is 1. The minimum atomic E-state index is -0.0691. The highest BCUT2D eigenvalue weighted by molar-refractivity contribution is 6.00. The first-order chi connectivity index (χ1) is 8.33. The van der Waals surface area contributed by atoms with Gasteiger partial charge in [0.25, 0.3) is 0 Å². The molecule has 0 saturated heterocycles. The van der Waals surface area contributed by atoms with Crippen LogP contribution in [0.15, 0.2) is 54.9 Å². The van der Waals surface area contributed by atoms with Crippen molar-refractivity contribution in [3.63, 3.8) is 0 Å². The molecule has 0 radical (unpaired) electrons. The molecule has 1 aromatic heterocycles. The molecular formula is C15H15NO. The van der Waals surface area contributed by atoms with Crippen LogP contribution in [-0.4, -0.2) is 10.8 Å². The Morgan fingerprint density at radius 1 is 1.12 bits per heavy atom. The lowest BCUT2D eigenvalue weighted by Gasteiger charge is -2.13. The number of hydrogen-bond donors (Lipinski definition) is 0. The van der Waals surface area contributed by atoms with Crippen molar-refractivity contribution in [2.24, 2.45) is 0 Å². The number of benzene rings is 1. The van der Waals surface area contributed by atoms with Gasteiger partial charge in [0.1, 0.15) is 0 Å². The second-order valence-corrected chi connectivity index (χ2v) is 3.97. The van der Waals surface area contributed by atoms with E-state index in [0.29, 0.717) is 0 Å². The molecule has 0 bridgehead atoms. The minimum Gasteiger partial charge on any atom is -0.293 e. The van der Waals surface area contributed by atoms with E-state index >= 15 is 0 Å². The number of rotatable bonds is 4. The fraction of sp³-hybridized carbons (Fsp3) is 0.200. The quantitative estimate of drug-likeness (QED) is 0.746. The third-order valence-electron chi connectivity index (χ3n) is 2.89. The van der Waals surface area contributed by atoms with Crippen molar-refractivity contribution in [3.05, 3.63) is 66.0 Å². The van der Waals surface area contributed by atoms with Crippen LogP contribution in [0.1, 0.15) is 35.2 Å². The molecule has 1 atom stereocenters. The summed E-state index contributed by atoms with van der Waals surface area (Å²) in [7, 11) is 0. The zero-order chi connectivity index (χ0) is 12.1. The maximum atomic E-state index is 12.4. The molecule has 0 spiro atoms. The van der Waals surface area contributed by atoms with E-state index < -0.39 is 0 Å². The maximum Gasteiger partial charge on any atom is 0.170 e. The summed E-state index contributed by atoms with van der Waals surface area (Å²) >= 11 is 0. The second kappa shape index (κ2) is 5.39. The summed E-state index contributed by atoms with van der Waals surface area (Å²) in [6, 6.07) is 13.3. The Bertz CT molecular complexity index is 479. The molecule has 17 heavy (non-hydrogen) atoms. The van der Waals surface area contributed by atoms with Gasteiger partial charge in [-0.3, -0.25) is 9.78 Å². The number of ketones is 1. The van der Waals surface area contributed by atoms with Gasteiger partial charge in [0.15, 0.2) is 5.78 Å². The van der Waals surface area contributed by atoms with Gasteiger partial charge in [0.2, 0.25) is 0 Å². The zero-order valence-electron chi connectivity index (χ0n) is 9.84. The predicted octanol–water partition coefficient (Wildman–Crippen LogP) is 3.46. The summed E-state index contributed by atoms with van der Waals surface area (Å²) in [6.45, 7) is 2.03. The molecule has 0 aliphatic heterocycles. The first-order valence-corrected chi connectivity index (χ1v) is 5.82. The Balaban J connectivity index is 2.29. The van der Waals surface area contributed by atoms with Crippen LogP contribution in [0.2, 0.25) is 0 Å². The number of carbonyl (C=O) groups excluding carboxylic acids is 1. The van der Waals surface area contributed by atoms with Crippen LogP contribution in [0.3, 0.4) is 0 Å². The molecule has 2 nitrogen and oxygen atoms in total. The smallest absolute Gasteiger partial charge is 0.170 e. The van der Waals surface area contributed by atoms with Crippen molar-refractivity contribution < 1.29 is 4.79 Å². The minimum absolute atomic E-state index is 0.0691. The Kier molecular flexibility index (Phi) is 3.66. The molecule has 1 aromatic carbocycles. The third-order valence-corrected chi connectivity index (χ3v) is 2.89. The maximum absolute atomic E-state index is 12.4. The van der Waals surface area contributed by atoms with Gasteiger partial charge in [0, 0.05) is 23.9 Å². The van der Waals surface area contributed by atoms with Crippen molar-refractivity contribution in [1.29, 1.82) is 0 Å². The highest BCUT2D eigenvalue weighted by Gasteiger charge is 2.19. The Morgan fingerprint density at radius 2 is 1.76 bits per heavy atom. The third kappa shape index (κ3) is 2.59. The Labute approximate surface area is 101 Å². The van der Waals surface area contributed by atoms with Crippen molar-refractivity contribution in [2.75, 3.05) is 0 Å². The van der Waals surface area contributed by atoms with Crippen molar-refractivity contribution in [2.45, 2.75) is 19.3 Å². The largest absolute Gasteiger partial charge is 0.293 e. The van der Waals surface area contributed by atoms with E-state index in [2.05, 4.69) is 4.98 Å². The number of nitrogens with zero attached hydrogens (tertiary/aromatic N) is 1. The van der Waals surface area contributed by atoms with E-state index in [4.69, 9.17) is 0 Å². The first kappa shape index (κ1) is 11.5. The van der Waals surface area contributed by atoms with Crippen LogP contribution in [0, 0.1) is 0 Å². The van der Waals surface area contributed by atoms with Crippen molar-refractivity contribution in [3.8, 4) is 0 Å². The summed E-state index contributed by atoms with van der Waals surface area (Å²) < 4.78 is 0. The van der Waals surface area contributed by atoms with Gasteiger partial charge < -0.3 is 0 Å². The van der Waals surface area contributed by atoms with E-state index in [1.807, 2.05) is 49.4 Å². The lowest BCUT2D eigenvalue weighted by molar-refractivity contribution is 0.0957. The molecular weight excluding hydrogens is 210 g/mol. The van der Waals surface area contributed by atoms with E-state index in [0.717, 1.165) is 17.5 Å². The molecule has 0 N–H and O–H groups in total. The average molecular weight is 225 g/mol. The van der Waals surface area contributed by atoms with Crippen LogP contribution in [-0.2, 0) is 0 Å². The average Bonchev–Trinajstić information content (AvgIpc) is 2.42. The summed E-state index contributed by atoms with van der Waals surface area (Å²) in [4.78, 5) is 16.3. The van der Waals surface area contributed by atoms with Gasteiger partial charge in [-0.15, -0.1) is 0 Å². The summed E-state index contributed by atoms with van der Waals surface area (Å²) in [6.07, 6.45) is 4.27.